The van der Waals surface area contributed by atoms with Gasteiger partial charge in [-0.1, -0.05) is 6.08 Å². The molecule has 1 aliphatic heterocycles. The maximum atomic E-state index is 12.2. The highest BCUT2D eigenvalue weighted by Crippen LogP contribution is 1.99. The van der Waals surface area contributed by atoms with Crippen LogP contribution in [0.1, 0.15) is 6.42 Å². The Morgan fingerprint density at radius 1 is 1.62 bits per heavy atom. The van der Waals surface area contributed by atoms with Crippen molar-refractivity contribution in [3.8, 4) is 0 Å². The van der Waals surface area contributed by atoms with Crippen LogP contribution in [0.15, 0.2) is 24.2 Å². The molecule has 0 atom stereocenters. The van der Waals surface area contributed by atoms with E-state index in [0.29, 0.717) is 0 Å². The lowest BCUT2D eigenvalue weighted by molar-refractivity contribution is 0.656. The zero-order chi connectivity index (χ0) is 5.82. The number of halogens is 1. The molecule has 44 valence electrons. The van der Waals surface area contributed by atoms with Crippen LogP contribution in [0.5, 0.6) is 0 Å². The molecule has 0 amide bonds. The monoisotopic (exact) mass is 113 g/mol. The highest BCUT2D eigenvalue weighted by atomic mass is 19.1. The van der Waals surface area contributed by atoms with Crippen molar-refractivity contribution in [1.82, 2.24) is 5.32 Å². The molecule has 0 radical (unpaired) electrons. The van der Waals surface area contributed by atoms with Crippen LogP contribution in [0, 0.1) is 0 Å². The highest BCUT2D eigenvalue weighted by Gasteiger charge is 1.89. The van der Waals surface area contributed by atoms with Gasteiger partial charge < -0.3 is 5.32 Å². The minimum absolute atomic E-state index is 0.192. The molecule has 1 aliphatic rings. The smallest absolute Gasteiger partial charge is 0.138 e. The summed E-state index contributed by atoms with van der Waals surface area (Å²) in [4.78, 5) is 0. The first-order chi connectivity index (χ1) is 3.89. The van der Waals surface area contributed by atoms with Crippen LogP contribution in [0.3, 0.4) is 0 Å². The fourth-order valence-electron chi connectivity index (χ4n) is 0.580. The first-order valence-corrected chi connectivity index (χ1v) is 2.65. The highest BCUT2D eigenvalue weighted by molar-refractivity contribution is 5.11. The van der Waals surface area contributed by atoms with Crippen LogP contribution in [0.2, 0.25) is 0 Å². The van der Waals surface area contributed by atoms with Gasteiger partial charge >= 0.3 is 0 Å². The standard InChI is InChI=1S/C6H8FN/c7-6-3-1-2-4-8-5-6/h1,3,5,8H,2,4H2. The van der Waals surface area contributed by atoms with Gasteiger partial charge in [-0.15, -0.1) is 0 Å². The third kappa shape index (κ3) is 1.37. The second-order valence-corrected chi connectivity index (χ2v) is 1.67. The number of hydrogen-bond acceptors (Lipinski definition) is 1. The van der Waals surface area contributed by atoms with Crippen LogP contribution in [0.25, 0.3) is 0 Å². The molecule has 0 saturated carbocycles. The van der Waals surface area contributed by atoms with Gasteiger partial charge in [0.1, 0.15) is 5.83 Å². The Labute approximate surface area is 47.9 Å². The minimum atomic E-state index is -0.192. The van der Waals surface area contributed by atoms with Crippen molar-refractivity contribution in [2.24, 2.45) is 0 Å². The van der Waals surface area contributed by atoms with Gasteiger partial charge in [-0.2, -0.15) is 0 Å². The molecule has 0 bridgehead atoms. The van der Waals surface area contributed by atoms with Gasteiger partial charge in [-0.3, -0.25) is 0 Å². The van der Waals surface area contributed by atoms with Crippen LogP contribution in [-0.2, 0) is 0 Å². The topological polar surface area (TPSA) is 12.0 Å². The predicted octanol–water partition coefficient (Wildman–Crippen LogP) is 1.35. The molecule has 8 heavy (non-hydrogen) atoms. The Balaban J connectivity index is 2.55. The zero-order valence-corrected chi connectivity index (χ0v) is 4.52. The van der Waals surface area contributed by atoms with E-state index in [4.69, 9.17) is 0 Å². The van der Waals surface area contributed by atoms with E-state index in [0.717, 1.165) is 13.0 Å². The SMILES string of the molecule is FC1=CNCCC=C1. The number of allylic oxidation sites excluding steroid dienone is 2. The minimum Gasteiger partial charge on any atom is -0.388 e. The molecule has 0 aromatic heterocycles. The summed E-state index contributed by atoms with van der Waals surface area (Å²) in [7, 11) is 0. The fourth-order valence-corrected chi connectivity index (χ4v) is 0.580. The molecule has 1 nitrogen and oxygen atoms in total. The third-order valence-electron chi connectivity index (χ3n) is 0.972. The Morgan fingerprint density at radius 3 is 3.38 bits per heavy atom. The van der Waals surface area contributed by atoms with Crippen molar-refractivity contribution in [2.45, 2.75) is 6.42 Å². The Kier molecular flexibility index (Phi) is 1.67. The maximum absolute atomic E-state index is 12.2. The quantitative estimate of drug-likeness (QED) is 0.500. The van der Waals surface area contributed by atoms with Crippen molar-refractivity contribution in [3.05, 3.63) is 24.2 Å². The average Bonchev–Trinajstić information content (AvgIpc) is 1.94. The van der Waals surface area contributed by atoms with E-state index < -0.39 is 0 Å². The third-order valence-corrected chi connectivity index (χ3v) is 0.972. The lowest BCUT2D eigenvalue weighted by atomic mass is 10.4. The van der Waals surface area contributed by atoms with E-state index in [9.17, 15) is 4.39 Å². The van der Waals surface area contributed by atoms with Crippen LogP contribution < -0.4 is 5.32 Å². The summed E-state index contributed by atoms with van der Waals surface area (Å²) in [5.74, 6) is -0.192. The fraction of sp³-hybridized carbons (Fsp3) is 0.333. The molecular formula is C6H8FN. The molecule has 0 unspecified atom stereocenters. The summed E-state index contributed by atoms with van der Waals surface area (Å²) in [6.07, 6.45) is 5.57. The number of rotatable bonds is 0. The molecule has 0 saturated heterocycles. The largest absolute Gasteiger partial charge is 0.388 e. The summed E-state index contributed by atoms with van der Waals surface area (Å²) >= 11 is 0. The molecule has 0 aromatic carbocycles. The molecule has 0 aliphatic carbocycles. The van der Waals surface area contributed by atoms with Gasteiger partial charge in [0, 0.05) is 12.7 Å². The van der Waals surface area contributed by atoms with Crippen molar-refractivity contribution in [3.63, 3.8) is 0 Å². The normalized spacial score (nSPS) is 18.9. The van der Waals surface area contributed by atoms with E-state index in [1.807, 2.05) is 6.08 Å². The average molecular weight is 113 g/mol. The molecule has 1 heterocycles. The van der Waals surface area contributed by atoms with E-state index in [1.54, 1.807) is 0 Å². The molecule has 1 N–H and O–H groups in total. The van der Waals surface area contributed by atoms with Crippen molar-refractivity contribution in [1.29, 1.82) is 0 Å². The molecule has 0 fully saturated rings. The van der Waals surface area contributed by atoms with Gasteiger partial charge in [-0.05, 0) is 12.5 Å². The van der Waals surface area contributed by atoms with Gasteiger partial charge in [0.2, 0.25) is 0 Å². The molecule has 1 rings (SSSR count). The molecule has 0 aromatic rings. The maximum Gasteiger partial charge on any atom is 0.138 e. The summed E-state index contributed by atoms with van der Waals surface area (Å²) in [6.45, 7) is 0.837. The Hall–Kier alpha value is -0.790. The molecule has 0 spiro atoms. The van der Waals surface area contributed by atoms with Crippen LogP contribution >= 0.6 is 0 Å². The van der Waals surface area contributed by atoms with Crippen LogP contribution in [-0.4, -0.2) is 6.54 Å². The predicted molar refractivity (Wildman–Crippen MR) is 31.0 cm³/mol. The Morgan fingerprint density at radius 2 is 2.50 bits per heavy atom. The zero-order valence-electron chi connectivity index (χ0n) is 4.52. The van der Waals surface area contributed by atoms with Gasteiger partial charge in [-0.25, -0.2) is 4.39 Å². The van der Waals surface area contributed by atoms with E-state index >= 15 is 0 Å². The van der Waals surface area contributed by atoms with Crippen molar-refractivity contribution < 1.29 is 4.39 Å². The molecular weight excluding hydrogens is 105 g/mol. The lowest BCUT2D eigenvalue weighted by Crippen LogP contribution is -2.03. The summed E-state index contributed by atoms with van der Waals surface area (Å²) in [6, 6.07) is 0. The number of hydrogen-bond donors (Lipinski definition) is 1. The van der Waals surface area contributed by atoms with Crippen LogP contribution in [0.4, 0.5) is 4.39 Å². The van der Waals surface area contributed by atoms with Gasteiger partial charge in [0.15, 0.2) is 0 Å². The summed E-state index contributed by atoms with van der Waals surface area (Å²) < 4.78 is 12.2. The van der Waals surface area contributed by atoms with Gasteiger partial charge in [0.25, 0.3) is 0 Å². The Bertz CT molecular complexity index is 126. The van der Waals surface area contributed by atoms with Gasteiger partial charge in [0.05, 0.1) is 0 Å². The van der Waals surface area contributed by atoms with E-state index in [2.05, 4.69) is 5.32 Å². The number of nitrogens with one attached hydrogen (secondary N) is 1. The first-order valence-electron chi connectivity index (χ1n) is 2.65. The second kappa shape index (κ2) is 2.50. The van der Waals surface area contributed by atoms with Crippen molar-refractivity contribution in [2.75, 3.05) is 6.54 Å². The first kappa shape index (κ1) is 5.35. The summed E-state index contributed by atoms with van der Waals surface area (Å²) in [5, 5.41) is 2.80. The lowest BCUT2D eigenvalue weighted by Gasteiger charge is -1.89. The van der Waals surface area contributed by atoms with E-state index in [1.165, 1.54) is 12.3 Å². The molecule has 2 heteroatoms. The van der Waals surface area contributed by atoms with E-state index in [-0.39, 0.29) is 5.83 Å². The second-order valence-electron chi connectivity index (χ2n) is 1.67. The summed E-state index contributed by atoms with van der Waals surface area (Å²) in [5.41, 5.74) is 0. The van der Waals surface area contributed by atoms with Crippen molar-refractivity contribution >= 4 is 0 Å².